The number of nitrogens with zero attached hydrogens (tertiary/aromatic N) is 2. The molecular weight excluding hydrogens is 428 g/mol. The van der Waals surface area contributed by atoms with Crippen LogP contribution in [0.15, 0.2) is 49.1 Å². The number of aryl methyl sites for hydroxylation is 2. The van der Waals surface area contributed by atoms with Crippen molar-refractivity contribution in [3.63, 3.8) is 0 Å². The molecule has 2 nitrogen and oxygen atoms in total. The van der Waals surface area contributed by atoms with Crippen LogP contribution < -0.4 is 43.1 Å². The number of pyridine rings is 2. The minimum absolute atomic E-state index is 0. The van der Waals surface area contributed by atoms with Gasteiger partial charge in [0.25, 0.3) is 0 Å². The van der Waals surface area contributed by atoms with Gasteiger partial charge in [0.2, 0.25) is 0 Å². The molecular formula is C20H30Br2N2. The van der Waals surface area contributed by atoms with Gasteiger partial charge in [0, 0.05) is 37.1 Å². The molecule has 2 aromatic rings. The van der Waals surface area contributed by atoms with Crippen LogP contribution in [-0.2, 0) is 13.1 Å². The Labute approximate surface area is 168 Å². The molecule has 0 N–H and O–H groups in total. The van der Waals surface area contributed by atoms with Gasteiger partial charge in [0.15, 0.2) is 24.8 Å². The third kappa shape index (κ3) is 7.89. The maximum Gasteiger partial charge on any atom is 0.169 e. The molecule has 24 heavy (non-hydrogen) atoms. The predicted molar refractivity (Wildman–Crippen MR) is 91.3 cm³/mol. The van der Waals surface area contributed by atoms with E-state index < -0.39 is 0 Å². The fraction of sp³-hybridized carbons (Fsp3) is 0.500. The van der Waals surface area contributed by atoms with Gasteiger partial charge in [-0.1, -0.05) is 26.7 Å². The van der Waals surface area contributed by atoms with Gasteiger partial charge in [-0.15, -0.1) is 0 Å². The second-order valence-electron chi connectivity index (χ2n) is 6.06. The first-order valence-corrected chi connectivity index (χ1v) is 8.82. The molecule has 2 rings (SSSR count). The van der Waals surface area contributed by atoms with Crippen LogP contribution in [0.4, 0.5) is 0 Å². The van der Waals surface area contributed by atoms with Crippen molar-refractivity contribution in [2.75, 3.05) is 0 Å². The molecule has 0 saturated carbocycles. The molecule has 0 aliphatic heterocycles. The van der Waals surface area contributed by atoms with E-state index >= 15 is 0 Å². The van der Waals surface area contributed by atoms with Crippen LogP contribution >= 0.6 is 0 Å². The van der Waals surface area contributed by atoms with E-state index in [-0.39, 0.29) is 34.0 Å². The number of unbranched alkanes of at least 4 members (excludes halogenated alkanes) is 4. The summed E-state index contributed by atoms with van der Waals surface area (Å²) in [5.41, 5.74) is 2.60. The lowest BCUT2D eigenvalue weighted by atomic mass is 10.1. The zero-order valence-corrected chi connectivity index (χ0v) is 18.1. The standard InChI is InChI=1S/C20H30N2.2BrH/c1-3-5-7-13-21-15-9-19(10-16-21)20-11-17-22(18-12-20)14-8-6-4-2;;/h9-12,15-18H,3-8,13-14H2,1-2H3;2*1H/q+2;;/p-2. The SMILES string of the molecule is CCCCC[n+]1ccc(-c2cc[n+](CCCCC)cc2)cc1.[Br-].[Br-]. The Balaban J connectivity index is 0.00000264. The Morgan fingerprint density at radius 3 is 1.21 bits per heavy atom. The Hall–Kier alpha value is -0.740. The summed E-state index contributed by atoms with van der Waals surface area (Å²) < 4.78 is 4.57. The van der Waals surface area contributed by atoms with E-state index in [1.54, 1.807) is 0 Å². The Morgan fingerprint density at radius 2 is 0.917 bits per heavy atom. The van der Waals surface area contributed by atoms with Gasteiger partial charge in [0.05, 0.1) is 0 Å². The van der Waals surface area contributed by atoms with Crippen LogP contribution in [0, 0.1) is 0 Å². The summed E-state index contributed by atoms with van der Waals surface area (Å²) >= 11 is 0. The second-order valence-corrected chi connectivity index (χ2v) is 6.06. The molecule has 0 aliphatic carbocycles. The van der Waals surface area contributed by atoms with Gasteiger partial charge in [-0.05, 0) is 24.0 Å². The highest BCUT2D eigenvalue weighted by Crippen LogP contribution is 2.15. The van der Waals surface area contributed by atoms with E-state index in [4.69, 9.17) is 0 Å². The van der Waals surface area contributed by atoms with Crippen LogP contribution in [0.5, 0.6) is 0 Å². The Morgan fingerprint density at radius 1 is 0.583 bits per heavy atom. The van der Waals surface area contributed by atoms with Crippen LogP contribution in [0.2, 0.25) is 0 Å². The maximum atomic E-state index is 2.28. The van der Waals surface area contributed by atoms with E-state index in [1.165, 1.54) is 49.7 Å². The fourth-order valence-corrected chi connectivity index (χ4v) is 2.69. The third-order valence-corrected chi connectivity index (χ3v) is 4.16. The maximum absolute atomic E-state index is 2.28. The van der Waals surface area contributed by atoms with Crippen LogP contribution in [0.25, 0.3) is 11.1 Å². The highest BCUT2D eigenvalue weighted by Gasteiger charge is 2.05. The Kier molecular flexibility index (Phi) is 13.1. The van der Waals surface area contributed by atoms with Gasteiger partial charge >= 0.3 is 0 Å². The quantitative estimate of drug-likeness (QED) is 0.314. The minimum atomic E-state index is 0. The van der Waals surface area contributed by atoms with E-state index in [0.717, 1.165) is 13.1 Å². The van der Waals surface area contributed by atoms with Crippen LogP contribution in [0.1, 0.15) is 52.4 Å². The molecule has 0 fully saturated rings. The van der Waals surface area contributed by atoms with Gasteiger partial charge in [-0.3, -0.25) is 0 Å². The van der Waals surface area contributed by atoms with E-state index in [9.17, 15) is 0 Å². The fourth-order valence-electron chi connectivity index (χ4n) is 2.69. The third-order valence-electron chi connectivity index (χ3n) is 4.16. The van der Waals surface area contributed by atoms with Gasteiger partial charge in [-0.25, -0.2) is 9.13 Å². The molecule has 0 atom stereocenters. The van der Waals surface area contributed by atoms with Crippen molar-refractivity contribution in [3.8, 4) is 11.1 Å². The molecule has 0 amide bonds. The molecule has 0 bridgehead atoms. The van der Waals surface area contributed by atoms with Crippen LogP contribution in [0.3, 0.4) is 0 Å². The summed E-state index contributed by atoms with van der Waals surface area (Å²) in [6.45, 7) is 6.75. The number of hydrogen-bond donors (Lipinski definition) is 0. The van der Waals surface area contributed by atoms with E-state index in [1.807, 2.05) is 0 Å². The van der Waals surface area contributed by atoms with Crippen molar-refractivity contribution in [2.24, 2.45) is 0 Å². The molecule has 134 valence electrons. The largest absolute Gasteiger partial charge is 1.00 e. The first-order valence-electron chi connectivity index (χ1n) is 8.82. The van der Waals surface area contributed by atoms with Crippen molar-refractivity contribution in [1.82, 2.24) is 0 Å². The lowest BCUT2D eigenvalue weighted by Crippen LogP contribution is -3.00. The number of halogens is 2. The molecule has 0 aliphatic rings. The summed E-state index contributed by atoms with van der Waals surface area (Å²) in [6, 6.07) is 8.90. The smallest absolute Gasteiger partial charge is 0.169 e. The first-order chi connectivity index (χ1) is 10.8. The zero-order valence-electron chi connectivity index (χ0n) is 14.9. The topological polar surface area (TPSA) is 7.76 Å². The molecule has 0 spiro atoms. The number of hydrogen-bond acceptors (Lipinski definition) is 0. The predicted octanol–water partition coefficient (Wildman–Crippen LogP) is -1.68. The summed E-state index contributed by atoms with van der Waals surface area (Å²) in [5, 5.41) is 0. The number of rotatable bonds is 9. The number of aromatic nitrogens is 2. The summed E-state index contributed by atoms with van der Waals surface area (Å²) in [7, 11) is 0. The van der Waals surface area contributed by atoms with Crippen molar-refractivity contribution in [1.29, 1.82) is 0 Å². The van der Waals surface area contributed by atoms with Gasteiger partial charge < -0.3 is 34.0 Å². The molecule has 0 aromatic carbocycles. The van der Waals surface area contributed by atoms with Crippen molar-refractivity contribution in [3.05, 3.63) is 49.1 Å². The van der Waals surface area contributed by atoms with E-state index in [0.29, 0.717) is 0 Å². The van der Waals surface area contributed by atoms with Gasteiger partial charge in [-0.2, -0.15) is 0 Å². The Bertz CT molecular complexity index is 487. The molecule has 2 aromatic heterocycles. The van der Waals surface area contributed by atoms with E-state index in [2.05, 4.69) is 72.0 Å². The lowest BCUT2D eigenvalue weighted by molar-refractivity contribution is -0.697. The molecule has 0 radical (unpaired) electrons. The van der Waals surface area contributed by atoms with Crippen molar-refractivity contribution >= 4 is 0 Å². The second kappa shape index (κ2) is 13.5. The normalized spacial score (nSPS) is 9.92. The molecule has 2 heterocycles. The van der Waals surface area contributed by atoms with Crippen LogP contribution in [-0.4, -0.2) is 0 Å². The lowest BCUT2D eigenvalue weighted by Gasteiger charge is -2.01. The summed E-state index contributed by atoms with van der Waals surface area (Å²) in [6.07, 6.45) is 16.5. The zero-order chi connectivity index (χ0) is 15.6. The highest BCUT2D eigenvalue weighted by atomic mass is 79.9. The van der Waals surface area contributed by atoms with Crippen molar-refractivity contribution in [2.45, 2.75) is 65.5 Å². The molecule has 4 heteroatoms. The molecule has 0 saturated heterocycles. The summed E-state index contributed by atoms with van der Waals surface area (Å²) in [5.74, 6) is 0. The first kappa shape index (κ1) is 23.3. The highest BCUT2D eigenvalue weighted by molar-refractivity contribution is 5.60. The summed E-state index contributed by atoms with van der Waals surface area (Å²) in [4.78, 5) is 0. The average Bonchev–Trinajstić information content (AvgIpc) is 2.57. The monoisotopic (exact) mass is 456 g/mol. The average molecular weight is 458 g/mol. The van der Waals surface area contributed by atoms with Crippen molar-refractivity contribution < 1.29 is 43.1 Å². The molecule has 0 unspecified atom stereocenters. The van der Waals surface area contributed by atoms with Gasteiger partial charge in [0.1, 0.15) is 13.1 Å². The minimum Gasteiger partial charge on any atom is -1.00 e.